The van der Waals surface area contributed by atoms with E-state index < -0.39 is 6.09 Å². The topological polar surface area (TPSA) is 80.0 Å². The molecule has 2 atom stereocenters. The zero-order valence-corrected chi connectivity index (χ0v) is 11.4. The Labute approximate surface area is 117 Å². The molecule has 2 rings (SSSR count). The van der Waals surface area contributed by atoms with Gasteiger partial charge in [0.25, 0.3) is 0 Å². The fourth-order valence-corrected chi connectivity index (χ4v) is 1.92. The Morgan fingerprint density at radius 2 is 2.05 bits per heavy atom. The zero-order valence-electron chi connectivity index (χ0n) is 11.4. The van der Waals surface area contributed by atoms with Crippen LogP contribution < -0.4 is 10.5 Å². The van der Waals surface area contributed by atoms with E-state index >= 15 is 0 Å². The Morgan fingerprint density at radius 3 is 2.70 bits per heavy atom. The van der Waals surface area contributed by atoms with Crippen molar-refractivity contribution < 1.29 is 23.7 Å². The zero-order chi connectivity index (χ0) is 14.4. The Hall–Kier alpha value is -1.79. The van der Waals surface area contributed by atoms with Gasteiger partial charge >= 0.3 is 6.09 Å². The van der Waals surface area contributed by atoms with Crippen LogP contribution in [0.1, 0.15) is 17.9 Å². The highest BCUT2D eigenvalue weighted by molar-refractivity contribution is 5.65. The van der Waals surface area contributed by atoms with Crippen molar-refractivity contribution in [1.82, 2.24) is 0 Å². The van der Waals surface area contributed by atoms with E-state index in [1.54, 1.807) is 7.11 Å². The average Bonchev–Trinajstić information content (AvgIpc) is 3.17. The van der Waals surface area contributed by atoms with Gasteiger partial charge in [0.15, 0.2) is 6.79 Å². The van der Waals surface area contributed by atoms with E-state index in [1.807, 2.05) is 24.3 Å². The molecule has 0 heterocycles. The van der Waals surface area contributed by atoms with Crippen LogP contribution >= 0.6 is 0 Å². The molecule has 0 radical (unpaired) electrons. The first kappa shape index (κ1) is 14.6. The van der Waals surface area contributed by atoms with Crippen molar-refractivity contribution in [2.45, 2.75) is 18.4 Å². The number of methoxy groups -OCH3 is 1. The van der Waals surface area contributed by atoms with Crippen LogP contribution in [0.4, 0.5) is 4.79 Å². The van der Waals surface area contributed by atoms with Crippen LogP contribution in [-0.4, -0.2) is 39.3 Å². The Morgan fingerprint density at radius 1 is 1.30 bits per heavy atom. The number of rotatable bonds is 8. The Bertz CT molecular complexity index is 434. The number of primary amides is 1. The van der Waals surface area contributed by atoms with Gasteiger partial charge in [0.05, 0.1) is 13.2 Å². The van der Waals surface area contributed by atoms with Gasteiger partial charge in [-0.1, -0.05) is 12.1 Å². The summed E-state index contributed by atoms with van der Waals surface area (Å²) in [7, 11) is 1.62. The molecule has 1 amide bonds. The summed E-state index contributed by atoms with van der Waals surface area (Å²) in [5.41, 5.74) is 6.10. The molecule has 1 aromatic carbocycles. The smallest absolute Gasteiger partial charge is 0.404 e. The molecule has 0 spiro atoms. The highest BCUT2D eigenvalue weighted by Crippen LogP contribution is 2.43. The van der Waals surface area contributed by atoms with Gasteiger partial charge in [-0.15, -0.1) is 0 Å². The SMILES string of the molecule is COCCOCOc1ccc([C@@H]2C[C@H]2OC(N)=O)cc1. The molecule has 0 saturated heterocycles. The first-order valence-corrected chi connectivity index (χ1v) is 6.46. The molecular weight excluding hydrogens is 262 g/mol. The van der Waals surface area contributed by atoms with E-state index in [1.165, 1.54) is 0 Å². The number of hydrogen-bond acceptors (Lipinski definition) is 5. The first-order valence-electron chi connectivity index (χ1n) is 6.46. The van der Waals surface area contributed by atoms with Crippen LogP contribution in [0.3, 0.4) is 0 Å². The summed E-state index contributed by atoms with van der Waals surface area (Å²) < 4.78 is 20.4. The fourth-order valence-electron chi connectivity index (χ4n) is 1.92. The van der Waals surface area contributed by atoms with Crippen molar-refractivity contribution in [3.63, 3.8) is 0 Å². The maximum atomic E-state index is 10.6. The molecule has 20 heavy (non-hydrogen) atoms. The number of carbonyl (C=O) groups excluding carboxylic acids is 1. The minimum Gasteiger partial charge on any atom is -0.468 e. The van der Waals surface area contributed by atoms with Crippen LogP contribution in [0.2, 0.25) is 0 Å². The van der Waals surface area contributed by atoms with Crippen LogP contribution in [0.25, 0.3) is 0 Å². The third-order valence-corrected chi connectivity index (χ3v) is 3.05. The van der Waals surface area contributed by atoms with Gasteiger partial charge in [0.1, 0.15) is 11.9 Å². The van der Waals surface area contributed by atoms with E-state index in [4.69, 9.17) is 24.7 Å². The number of benzene rings is 1. The average molecular weight is 281 g/mol. The van der Waals surface area contributed by atoms with Crippen molar-refractivity contribution in [3.05, 3.63) is 29.8 Å². The highest BCUT2D eigenvalue weighted by Gasteiger charge is 2.41. The fraction of sp³-hybridized carbons (Fsp3) is 0.500. The summed E-state index contributed by atoms with van der Waals surface area (Å²) in [5, 5.41) is 0. The van der Waals surface area contributed by atoms with Gasteiger partial charge < -0.3 is 24.7 Å². The second-order valence-corrected chi connectivity index (χ2v) is 4.55. The second-order valence-electron chi connectivity index (χ2n) is 4.55. The quantitative estimate of drug-likeness (QED) is 0.578. The molecule has 0 bridgehead atoms. The third-order valence-electron chi connectivity index (χ3n) is 3.05. The van der Waals surface area contributed by atoms with Gasteiger partial charge in [-0.3, -0.25) is 0 Å². The van der Waals surface area contributed by atoms with Crippen molar-refractivity contribution in [1.29, 1.82) is 0 Å². The molecule has 1 aliphatic carbocycles. The lowest BCUT2D eigenvalue weighted by atomic mass is 10.1. The number of carbonyl (C=O) groups is 1. The van der Waals surface area contributed by atoms with Crippen LogP contribution in [-0.2, 0) is 14.2 Å². The summed E-state index contributed by atoms with van der Waals surface area (Å²) in [4.78, 5) is 10.6. The predicted molar refractivity (Wildman–Crippen MR) is 71.6 cm³/mol. The minimum atomic E-state index is -0.717. The first-order chi connectivity index (χ1) is 9.70. The van der Waals surface area contributed by atoms with Crippen LogP contribution in [0, 0.1) is 0 Å². The van der Waals surface area contributed by atoms with Crippen molar-refractivity contribution in [2.24, 2.45) is 5.73 Å². The predicted octanol–water partition coefficient (Wildman–Crippen LogP) is 1.64. The maximum Gasteiger partial charge on any atom is 0.404 e. The molecule has 0 unspecified atom stereocenters. The molecule has 0 aliphatic heterocycles. The van der Waals surface area contributed by atoms with Gasteiger partial charge in [0.2, 0.25) is 0 Å². The summed E-state index contributed by atoms with van der Waals surface area (Å²) in [6.07, 6.45) is 0.0193. The summed E-state index contributed by atoms with van der Waals surface area (Å²) in [6.45, 7) is 1.24. The van der Waals surface area contributed by atoms with Crippen molar-refractivity contribution in [3.8, 4) is 5.75 Å². The van der Waals surface area contributed by atoms with Gasteiger partial charge in [0, 0.05) is 13.0 Å². The molecule has 1 fully saturated rings. The lowest BCUT2D eigenvalue weighted by molar-refractivity contribution is -0.00847. The molecule has 1 aromatic rings. The Kier molecular flexibility index (Phi) is 5.20. The molecule has 6 nitrogen and oxygen atoms in total. The standard InChI is InChI=1S/C14H19NO5/c1-17-6-7-18-9-19-11-4-2-10(3-5-11)12-8-13(12)20-14(15)16/h2-5,12-13H,6-9H2,1H3,(H2,15,16)/t12-,13+/m0/s1. The summed E-state index contributed by atoms with van der Waals surface area (Å²) in [6, 6.07) is 7.66. The number of ether oxygens (including phenoxy) is 4. The monoisotopic (exact) mass is 281 g/mol. The van der Waals surface area contributed by atoms with Crippen LogP contribution in [0.5, 0.6) is 5.75 Å². The second kappa shape index (κ2) is 7.12. The van der Waals surface area contributed by atoms with Crippen molar-refractivity contribution in [2.75, 3.05) is 27.1 Å². The van der Waals surface area contributed by atoms with E-state index in [2.05, 4.69) is 0 Å². The molecule has 2 N–H and O–H groups in total. The molecular formula is C14H19NO5. The normalized spacial score (nSPS) is 20.4. The van der Waals surface area contributed by atoms with Gasteiger partial charge in [-0.05, 0) is 24.1 Å². The van der Waals surface area contributed by atoms with E-state index in [9.17, 15) is 4.79 Å². The Balaban J connectivity index is 1.72. The van der Waals surface area contributed by atoms with Crippen LogP contribution in [0.15, 0.2) is 24.3 Å². The van der Waals surface area contributed by atoms with E-state index in [-0.39, 0.29) is 18.8 Å². The minimum absolute atomic E-state index is 0.0864. The summed E-state index contributed by atoms with van der Waals surface area (Å²) in [5.74, 6) is 0.980. The van der Waals surface area contributed by atoms with Crippen molar-refractivity contribution >= 4 is 6.09 Å². The highest BCUT2D eigenvalue weighted by atomic mass is 16.7. The molecule has 0 aromatic heterocycles. The molecule has 6 heteroatoms. The summed E-state index contributed by atoms with van der Waals surface area (Å²) >= 11 is 0. The number of hydrogen-bond donors (Lipinski definition) is 1. The van der Waals surface area contributed by atoms with E-state index in [0.717, 1.165) is 17.7 Å². The third kappa shape index (κ3) is 4.40. The lowest BCUT2D eigenvalue weighted by Gasteiger charge is -2.07. The maximum absolute atomic E-state index is 10.6. The molecule has 1 aliphatic rings. The largest absolute Gasteiger partial charge is 0.468 e. The van der Waals surface area contributed by atoms with E-state index in [0.29, 0.717) is 13.2 Å². The van der Waals surface area contributed by atoms with Gasteiger partial charge in [-0.25, -0.2) is 4.79 Å². The lowest BCUT2D eigenvalue weighted by Crippen LogP contribution is -2.14. The van der Waals surface area contributed by atoms with Gasteiger partial charge in [-0.2, -0.15) is 0 Å². The number of amides is 1. The number of nitrogens with two attached hydrogens (primary N) is 1. The molecule has 110 valence electrons. The molecule has 1 saturated carbocycles.